The zero-order chi connectivity index (χ0) is 15.2. The van der Waals surface area contributed by atoms with Crippen LogP contribution >= 0.6 is 0 Å². The molecule has 3 nitrogen and oxygen atoms in total. The molecule has 1 aromatic carbocycles. The van der Waals surface area contributed by atoms with Crippen molar-refractivity contribution in [1.82, 2.24) is 4.90 Å². The molecule has 21 heavy (non-hydrogen) atoms. The van der Waals surface area contributed by atoms with E-state index in [-0.39, 0.29) is 12.0 Å². The van der Waals surface area contributed by atoms with Crippen molar-refractivity contribution in [2.45, 2.75) is 51.5 Å². The standard InChI is InChI=1S/C18H27NO2/c1-3-12-19(4-2)17-13-15(10-11-16(17)18(20)21)14-8-6-5-7-9-14/h5-9,15-17H,3-4,10-13H2,1-2H3,(H,20,21). The van der Waals surface area contributed by atoms with Crippen molar-refractivity contribution in [3.63, 3.8) is 0 Å². The third-order valence-corrected chi connectivity index (χ3v) is 4.79. The number of carboxylic acids is 1. The fourth-order valence-electron chi connectivity index (χ4n) is 3.71. The highest BCUT2D eigenvalue weighted by atomic mass is 16.4. The molecule has 0 saturated heterocycles. The molecule has 0 heterocycles. The van der Waals surface area contributed by atoms with Crippen LogP contribution in [0.5, 0.6) is 0 Å². The number of benzene rings is 1. The molecule has 0 aromatic heterocycles. The average molecular weight is 289 g/mol. The van der Waals surface area contributed by atoms with Crippen LogP contribution in [-0.4, -0.2) is 35.1 Å². The highest BCUT2D eigenvalue weighted by Crippen LogP contribution is 2.38. The Balaban J connectivity index is 2.17. The van der Waals surface area contributed by atoms with Crippen molar-refractivity contribution >= 4 is 5.97 Å². The van der Waals surface area contributed by atoms with E-state index in [2.05, 4.69) is 43.0 Å². The fraction of sp³-hybridized carbons (Fsp3) is 0.611. The van der Waals surface area contributed by atoms with E-state index in [1.165, 1.54) is 5.56 Å². The summed E-state index contributed by atoms with van der Waals surface area (Å²) in [6.07, 6.45) is 3.82. The summed E-state index contributed by atoms with van der Waals surface area (Å²) in [5.41, 5.74) is 1.36. The van der Waals surface area contributed by atoms with Gasteiger partial charge < -0.3 is 5.11 Å². The first-order valence-electron chi connectivity index (χ1n) is 8.19. The molecule has 1 N–H and O–H groups in total. The molecule has 0 bridgehead atoms. The molecule has 3 heteroatoms. The summed E-state index contributed by atoms with van der Waals surface area (Å²) in [5.74, 6) is -0.338. The first-order valence-corrected chi connectivity index (χ1v) is 8.19. The number of nitrogens with zero attached hydrogens (tertiary/aromatic N) is 1. The van der Waals surface area contributed by atoms with Gasteiger partial charge >= 0.3 is 5.97 Å². The lowest BCUT2D eigenvalue weighted by Gasteiger charge is -2.41. The lowest BCUT2D eigenvalue weighted by atomic mass is 9.74. The van der Waals surface area contributed by atoms with E-state index in [4.69, 9.17) is 0 Å². The second-order valence-electron chi connectivity index (χ2n) is 6.06. The normalized spacial score (nSPS) is 26.0. The van der Waals surface area contributed by atoms with Gasteiger partial charge in [0.1, 0.15) is 0 Å². The minimum atomic E-state index is -0.624. The molecule has 3 atom stereocenters. The maximum absolute atomic E-state index is 11.6. The third kappa shape index (κ3) is 3.85. The molecule has 1 aromatic rings. The quantitative estimate of drug-likeness (QED) is 0.867. The van der Waals surface area contributed by atoms with Gasteiger partial charge in [0.25, 0.3) is 0 Å². The summed E-state index contributed by atoms with van der Waals surface area (Å²) in [6.45, 7) is 6.23. The van der Waals surface area contributed by atoms with Crippen molar-refractivity contribution in [2.75, 3.05) is 13.1 Å². The maximum atomic E-state index is 11.6. The number of carbonyl (C=O) groups is 1. The lowest BCUT2D eigenvalue weighted by Crippen LogP contribution is -2.47. The second-order valence-corrected chi connectivity index (χ2v) is 6.06. The van der Waals surface area contributed by atoms with Gasteiger partial charge in [0.15, 0.2) is 0 Å². The summed E-state index contributed by atoms with van der Waals surface area (Å²) in [5, 5.41) is 9.55. The molecular weight excluding hydrogens is 262 g/mol. The Morgan fingerprint density at radius 1 is 1.24 bits per heavy atom. The number of carboxylic acid groups (broad SMARTS) is 1. The minimum Gasteiger partial charge on any atom is -0.481 e. The Kier molecular flexibility index (Phi) is 5.80. The van der Waals surface area contributed by atoms with Gasteiger partial charge in [-0.25, -0.2) is 0 Å². The zero-order valence-electron chi connectivity index (χ0n) is 13.2. The molecule has 0 aliphatic heterocycles. The Morgan fingerprint density at radius 3 is 2.52 bits per heavy atom. The molecule has 1 aliphatic rings. The van der Waals surface area contributed by atoms with E-state index in [1.807, 2.05) is 6.07 Å². The number of hydrogen-bond acceptors (Lipinski definition) is 2. The van der Waals surface area contributed by atoms with Crippen molar-refractivity contribution in [2.24, 2.45) is 5.92 Å². The number of rotatable bonds is 6. The average Bonchev–Trinajstić information content (AvgIpc) is 2.52. The smallest absolute Gasteiger partial charge is 0.308 e. The monoisotopic (exact) mass is 289 g/mol. The van der Waals surface area contributed by atoms with Crippen LogP contribution < -0.4 is 0 Å². The summed E-state index contributed by atoms with van der Waals surface area (Å²) in [4.78, 5) is 14.0. The van der Waals surface area contributed by atoms with E-state index < -0.39 is 5.97 Å². The van der Waals surface area contributed by atoms with E-state index in [0.29, 0.717) is 5.92 Å². The van der Waals surface area contributed by atoms with Crippen LogP contribution in [0.4, 0.5) is 0 Å². The Bertz CT molecular complexity index is 446. The zero-order valence-corrected chi connectivity index (χ0v) is 13.2. The first-order chi connectivity index (χ1) is 10.2. The van der Waals surface area contributed by atoms with E-state index >= 15 is 0 Å². The summed E-state index contributed by atoms with van der Waals surface area (Å²) >= 11 is 0. The van der Waals surface area contributed by atoms with E-state index in [1.54, 1.807) is 0 Å². The van der Waals surface area contributed by atoms with Gasteiger partial charge in [-0.2, -0.15) is 0 Å². The lowest BCUT2D eigenvalue weighted by molar-refractivity contribution is -0.145. The number of hydrogen-bond donors (Lipinski definition) is 1. The maximum Gasteiger partial charge on any atom is 0.308 e. The predicted molar refractivity (Wildman–Crippen MR) is 85.5 cm³/mol. The van der Waals surface area contributed by atoms with Crippen LogP contribution in [0.25, 0.3) is 0 Å². The Hall–Kier alpha value is -1.35. The van der Waals surface area contributed by atoms with Gasteiger partial charge in [0, 0.05) is 6.04 Å². The molecule has 0 radical (unpaired) electrons. The van der Waals surface area contributed by atoms with Crippen molar-refractivity contribution < 1.29 is 9.90 Å². The first kappa shape index (κ1) is 16.0. The molecule has 1 fully saturated rings. The van der Waals surface area contributed by atoms with Gasteiger partial charge in [-0.15, -0.1) is 0 Å². The molecular formula is C18H27NO2. The highest BCUT2D eigenvalue weighted by Gasteiger charge is 2.38. The molecule has 3 unspecified atom stereocenters. The number of aliphatic carboxylic acids is 1. The summed E-state index contributed by atoms with van der Waals surface area (Å²) in [6, 6.07) is 10.7. The van der Waals surface area contributed by atoms with E-state index in [9.17, 15) is 9.90 Å². The van der Waals surface area contributed by atoms with Crippen molar-refractivity contribution in [3.8, 4) is 0 Å². The summed E-state index contributed by atoms with van der Waals surface area (Å²) in [7, 11) is 0. The SMILES string of the molecule is CCCN(CC)C1CC(c2ccccc2)CCC1C(=O)O. The van der Waals surface area contributed by atoms with Gasteiger partial charge in [-0.3, -0.25) is 9.69 Å². The Labute approximate surface area is 128 Å². The minimum absolute atomic E-state index is 0.173. The molecule has 1 aliphatic carbocycles. The van der Waals surface area contributed by atoms with Gasteiger partial charge in [0.2, 0.25) is 0 Å². The molecule has 0 amide bonds. The third-order valence-electron chi connectivity index (χ3n) is 4.79. The van der Waals surface area contributed by atoms with Crippen LogP contribution in [0.15, 0.2) is 30.3 Å². The molecule has 0 spiro atoms. The highest BCUT2D eigenvalue weighted by molar-refractivity contribution is 5.71. The van der Waals surface area contributed by atoms with Crippen LogP contribution in [-0.2, 0) is 4.79 Å². The van der Waals surface area contributed by atoms with Crippen LogP contribution in [0, 0.1) is 5.92 Å². The van der Waals surface area contributed by atoms with Crippen molar-refractivity contribution in [1.29, 1.82) is 0 Å². The molecule has 116 valence electrons. The molecule has 2 rings (SSSR count). The van der Waals surface area contributed by atoms with Gasteiger partial charge in [-0.05, 0) is 50.3 Å². The molecule has 1 saturated carbocycles. The topological polar surface area (TPSA) is 40.5 Å². The second kappa shape index (κ2) is 7.60. The fourth-order valence-corrected chi connectivity index (χ4v) is 3.71. The largest absolute Gasteiger partial charge is 0.481 e. The summed E-state index contributed by atoms with van der Waals surface area (Å²) < 4.78 is 0. The Morgan fingerprint density at radius 2 is 1.95 bits per heavy atom. The van der Waals surface area contributed by atoms with Crippen LogP contribution in [0.3, 0.4) is 0 Å². The van der Waals surface area contributed by atoms with E-state index in [0.717, 1.165) is 38.8 Å². The van der Waals surface area contributed by atoms with Gasteiger partial charge in [0.05, 0.1) is 5.92 Å². The van der Waals surface area contributed by atoms with Gasteiger partial charge in [-0.1, -0.05) is 44.2 Å². The van der Waals surface area contributed by atoms with Crippen LogP contribution in [0.2, 0.25) is 0 Å². The van der Waals surface area contributed by atoms with Crippen molar-refractivity contribution in [3.05, 3.63) is 35.9 Å². The predicted octanol–water partition coefficient (Wildman–Crippen LogP) is 3.76. The van der Waals surface area contributed by atoms with Crippen LogP contribution in [0.1, 0.15) is 51.0 Å².